The second-order valence-corrected chi connectivity index (χ2v) is 8.48. The van der Waals surface area contributed by atoms with Gasteiger partial charge in [0, 0.05) is 16.9 Å². The minimum absolute atomic E-state index is 0.708. The largest absolute Gasteiger partial charge is 0.358 e. The summed E-state index contributed by atoms with van der Waals surface area (Å²) in [5.74, 6) is 1.73. The number of hydrogen-bond donors (Lipinski definition) is 1. The number of nitrogens with zero attached hydrogens (tertiary/aromatic N) is 3. The third-order valence-electron chi connectivity index (χ3n) is 6.30. The van der Waals surface area contributed by atoms with E-state index in [1.165, 1.54) is 59.8 Å². The molecule has 1 aliphatic carbocycles. The average Bonchev–Trinajstić information content (AvgIpc) is 3.24. The second kappa shape index (κ2) is 6.77. The molecular formula is C24H28N4. The van der Waals surface area contributed by atoms with Crippen molar-refractivity contribution in [2.24, 2.45) is 0 Å². The Morgan fingerprint density at radius 3 is 2.64 bits per heavy atom. The summed E-state index contributed by atoms with van der Waals surface area (Å²) in [4.78, 5) is 13.2. The van der Waals surface area contributed by atoms with Crippen LogP contribution in [0.5, 0.6) is 0 Å². The van der Waals surface area contributed by atoms with E-state index in [4.69, 9.17) is 9.97 Å². The molecule has 0 radical (unpaired) electrons. The summed E-state index contributed by atoms with van der Waals surface area (Å²) in [6, 6.07) is 11.3. The molecule has 0 unspecified atom stereocenters. The fourth-order valence-electron chi connectivity index (χ4n) is 4.82. The van der Waals surface area contributed by atoms with Crippen LogP contribution in [-0.4, -0.2) is 19.5 Å². The van der Waals surface area contributed by atoms with Crippen molar-refractivity contribution in [3.8, 4) is 0 Å². The van der Waals surface area contributed by atoms with Crippen LogP contribution in [0.4, 0.5) is 0 Å². The summed E-state index contributed by atoms with van der Waals surface area (Å²) in [6.45, 7) is 7.05. The van der Waals surface area contributed by atoms with Crippen LogP contribution in [0.15, 0.2) is 30.3 Å². The van der Waals surface area contributed by atoms with Crippen molar-refractivity contribution < 1.29 is 0 Å². The van der Waals surface area contributed by atoms with Gasteiger partial charge in [0.15, 0.2) is 5.65 Å². The molecule has 0 bridgehead atoms. The Balaban J connectivity index is 1.50. The molecule has 3 aromatic heterocycles. The predicted octanol–water partition coefficient (Wildman–Crippen LogP) is 5.93. The number of imidazole rings is 1. The number of aromatic nitrogens is 4. The average molecular weight is 373 g/mol. The highest BCUT2D eigenvalue weighted by molar-refractivity contribution is 5.81. The van der Waals surface area contributed by atoms with Crippen LogP contribution in [-0.2, 0) is 6.54 Å². The number of aromatic amines is 1. The first-order valence-electron chi connectivity index (χ1n) is 10.5. The molecule has 1 fully saturated rings. The van der Waals surface area contributed by atoms with E-state index < -0.39 is 0 Å². The second-order valence-electron chi connectivity index (χ2n) is 8.48. The van der Waals surface area contributed by atoms with Gasteiger partial charge in [-0.05, 0) is 80.3 Å². The van der Waals surface area contributed by atoms with Gasteiger partial charge >= 0.3 is 0 Å². The van der Waals surface area contributed by atoms with Gasteiger partial charge in [-0.3, -0.25) is 0 Å². The lowest BCUT2D eigenvalue weighted by Crippen LogP contribution is -2.04. The first-order valence-corrected chi connectivity index (χ1v) is 10.5. The van der Waals surface area contributed by atoms with Gasteiger partial charge < -0.3 is 9.55 Å². The summed E-state index contributed by atoms with van der Waals surface area (Å²) in [7, 11) is 0. The quantitative estimate of drug-likeness (QED) is 0.484. The molecule has 0 spiro atoms. The lowest BCUT2D eigenvalue weighted by molar-refractivity contribution is 0.438. The molecular weight excluding hydrogens is 344 g/mol. The van der Waals surface area contributed by atoms with Crippen molar-refractivity contribution >= 4 is 22.1 Å². The van der Waals surface area contributed by atoms with Crippen molar-refractivity contribution in [1.29, 1.82) is 0 Å². The molecule has 0 amide bonds. The summed E-state index contributed by atoms with van der Waals surface area (Å²) >= 11 is 0. The fourth-order valence-corrected chi connectivity index (χ4v) is 4.82. The van der Waals surface area contributed by atoms with E-state index in [1.807, 2.05) is 0 Å². The molecule has 144 valence electrons. The third-order valence-corrected chi connectivity index (χ3v) is 6.30. The lowest BCUT2D eigenvalue weighted by Gasteiger charge is -2.20. The van der Waals surface area contributed by atoms with Crippen LogP contribution in [0.3, 0.4) is 0 Å². The van der Waals surface area contributed by atoms with E-state index >= 15 is 0 Å². The number of benzene rings is 1. The zero-order chi connectivity index (χ0) is 19.3. The molecule has 1 aliphatic rings. The smallest absolute Gasteiger partial charge is 0.160 e. The monoisotopic (exact) mass is 372 g/mol. The van der Waals surface area contributed by atoms with Crippen molar-refractivity contribution in [2.75, 3.05) is 0 Å². The zero-order valence-electron chi connectivity index (χ0n) is 17.0. The van der Waals surface area contributed by atoms with Crippen molar-refractivity contribution in [3.05, 3.63) is 58.7 Å². The normalized spacial score (nSPS) is 15.7. The lowest BCUT2D eigenvalue weighted by atomic mass is 9.87. The fraction of sp³-hybridized carbons (Fsp3) is 0.417. The summed E-state index contributed by atoms with van der Waals surface area (Å²) in [5.41, 5.74) is 8.22. The van der Waals surface area contributed by atoms with Gasteiger partial charge in [-0.15, -0.1) is 0 Å². The van der Waals surface area contributed by atoms with Crippen LogP contribution >= 0.6 is 0 Å². The van der Waals surface area contributed by atoms with E-state index in [9.17, 15) is 0 Å². The van der Waals surface area contributed by atoms with Gasteiger partial charge in [-0.25, -0.2) is 9.97 Å². The topological polar surface area (TPSA) is 46.5 Å². The number of hydrogen-bond acceptors (Lipinski definition) is 2. The maximum atomic E-state index is 4.78. The number of fused-ring (bicyclic) bond motifs is 2. The summed E-state index contributed by atoms with van der Waals surface area (Å²) in [5, 5.41) is 1.32. The number of pyridine rings is 1. The molecule has 0 aliphatic heterocycles. The Labute approximate surface area is 166 Å². The Hall–Kier alpha value is -2.62. The maximum Gasteiger partial charge on any atom is 0.160 e. The highest BCUT2D eigenvalue weighted by atomic mass is 15.1. The molecule has 0 saturated heterocycles. The molecule has 3 heterocycles. The maximum absolute atomic E-state index is 4.78. The van der Waals surface area contributed by atoms with Crippen LogP contribution in [0.2, 0.25) is 0 Å². The highest BCUT2D eigenvalue weighted by Crippen LogP contribution is 2.34. The molecule has 4 heteroatoms. The summed E-state index contributed by atoms with van der Waals surface area (Å²) in [6.07, 6.45) is 6.77. The molecule has 0 atom stereocenters. The minimum Gasteiger partial charge on any atom is -0.358 e. The Bertz CT molecular complexity index is 1160. The van der Waals surface area contributed by atoms with Gasteiger partial charge in [0.2, 0.25) is 0 Å². The van der Waals surface area contributed by atoms with Crippen LogP contribution in [0, 0.1) is 20.8 Å². The zero-order valence-corrected chi connectivity index (χ0v) is 17.0. The molecule has 4 nitrogen and oxygen atoms in total. The van der Waals surface area contributed by atoms with Crippen LogP contribution in [0.1, 0.15) is 66.4 Å². The Morgan fingerprint density at radius 2 is 1.82 bits per heavy atom. The number of aryl methyl sites for hydroxylation is 3. The summed E-state index contributed by atoms with van der Waals surface area (Å²) < 4.78 is 2.24. The van der Waals surface area contributed by atoms with E-state index in [0.717, 1.165) is 29.2 Å². The first kappa shape index (κ1) is 17.5. The first-order chi connectivity index (χ1) is 13.6. The number of rotatable bonds is 3. The van der Waals surface area contributed by atoms with Gasteiger partial charge in [0.05, 0.1) is 6.54 Å². The van der Waals surface area contributed by atoms with E-state index in [2.05, 4.69) is 60.7 Å². The van der Waals surface area contributed by atoms with E-state index in [-0.39, 0.29) is 0 Å². The minimum atomic E-state index is 0.708. The van der Waals surface area contributed by atoms with Crippen LogP contribution in [0.25, 0.3) is 22.1 Å². The van der Waals surface area contributed by atoms with Gasteiger partial charge in [0.1, 0.15) is 11.3 Å². The van der Waals surface area contributed by atoms with Gasteiger partial charge in [-0.2, -0.15) is 0 Å². The van der Waals surface area contributed by atoms with Crippen LogP contribution < -0.4 is 0 Å². The third kappa shape index (κ3) is 3.01. The molecule has 1 saturated carbocycles. The van der Waals surface area contributed by atoms with E-state index in [0.29, 0.717) is 5.92 Å². The SMILES string of the molecule is Cc1cc(C)c2nc(C)n(Cc3ccc4[nH]c(C5CCCCC5)cc4c3)c2n1. The predicted molar refractivity (Wildman–Crippen MR) is 115 cm³/mol. The molecule has 5 rings (SSSR count). The Morgan fingerprint density at radius 1 is 1.00 bits per heavy atom. The van der Waals surface area contributed by atoms with Gasteiger partial charge in [-0.1, -0.05) is 25.3 Å². The van der Waals surface area contributed by atoms with Crippen molar-refractivity contribution in [1.82, 2.24) is 19.5 Å². The number of H-pyrrole nitrogens is 1. The Kier molecular flexibility index (Phi) is 4.22. The van der Waals surface area contributed by atoms with E-state index in [1.54, 1.807) is 0 Å². The van der Waals surface area contributed by atoms with Gasteiger partial charge in [0.25, 0.3) is 0 Å². The molecule has 1 aromatic carbocycles. The highest BCUT2D eigenvalue weighted by Gasteiger charge is 2.18. The molecule has 4 aromatic rings. The van der Waals surface area contributed by atoms with Crippen molar-refractivity contribution in [2.45, 2.75) is 65.3 Å². The van der Waals surface area contributed by atoms with Crippen molar-refractivity contribution in [3.63, 3.8) is 0 Å². The standard InChI is InChI=1S/C24H28N4/c1-15-11-16(2)25-24-23(15)26-17(3)28(24)14-18-9-10-21-20(12-18)13-22(27-21)19-7-5-4-6-8-19/h9-13,19,27H,4-8,14H2,1-3H3. The number of nitrogens with one attached hydrogen (secondary N) is 1. The molecule has 1 N–H and O–H groups in total. The molecule has 28 heavy (non-hydrogen) atoms.